The lowest BCUT2D eigenvalue weighted by molar-refractivity contribution is -0.150. The zero-order valence-electron chi connectivity index (χ0n) is 16.2. The highest BCUT2D eigenvalue weighted by molar-refractivity contribution is 5.98. The van der Waals surface area contributed by atoms with Crippen molar-refractivity contribution < 1.29 is 14.3 Å². The highest BCUT2D eigenvalue weighted by Crippen LogP contribution is 2.31. The fourth-order valence-electron chi connectivity index (χ4n) is 3.69. The fraction of sp³-hybridized carbons (Fsp3) is 0.476. The molecule has 0 bridgehead atoms. The van der Waals surface area contributed by atoms with E-state index in [1.807, 2.05) is 36.7 Å². The van der Waals surface area contributed by atoms with Gasteiger partial charge in [0, 0.05) is 11.3 Å². The summed E-state index contributed by atoms with van der Waals surface area (Å²) in [5.41, 5.74) is 2.83. The molecule has 3 rings (SSSR count). The number of benzene rings is 1. The van der Waals surface area contributed by atoms with E-state index >= 15 is 0 Å². The van der Waals surface area contributed by atoms with Crippen LogP contribution in [0.4, 0.5) is 0 Å². The molecule has 1 fully saturated rings. The van der Waals surface area contributed by atoms with Crippen LogP contribution < -0.4 is 5.32 Å². The zero-order chi connectivity index (χ0) is 19.4. The highest BCUT2D eigenvalue weighted by Gasteiger charge is 2.43. The van der Waals surface area contributed by atoms with Crippen LogP contribution in [0.15, 0.2) is 30.3 Å². The van der Waals surface area contributed by atoms with Gasteiger partial charge >= 0.3 is 5.97 Å². The molecule has 1 aromatic heterocycles. The number of amides is 1. The van der Waals surface area contributed by atoms with Crippen LogP contribution in [0, 0.1) is 13.8 Å². The van der Waals surface area contributed by atoms with Gasteiger partial charge in [-0.25, -0.2) is 4.79 Å². The summed E-state index contributed by atoms with van der Waals surface area (Å²) < 4.78 is 7.14. The SMILES string of the molecule is CCOC(=O)C1(NC(=O)c2ccc(Cn3nc(C)cc3C)cc2)CCCC1. The highest BCUT2D eigenvalue weighted by atomic mass is 16.5. The van der Waals surface area contributed by atoms with Gasteiger partial charge in [-0.05, 0) is 57.4 Å². The second-order valence-electron chi connectivity index (χ2n) is 7.25. The first-order chi connectivity index (χ1) is 12.9. The summed E-state index contributed by atoms with van der Waals surface area (Å²) in [6.45, 7) is 6.76. The number of ether oxygens (including phenoxy) is 1. The van der Waals surface area contributed by atoms with Gasteiger partial charge in [-0.3, -0.25) is 9.48 Å². The Balaban J connectivity index is 1.69. The van der Waals surface area contributed by atoms with Crippen LogP contribution in [-0.2, 0) is 16.1 Å². The Bertz CT molecular complexity index is 818. The molecule has 1 aliphatic rings. The van der Waals surface area contributed by atoms with Crippen LogP contribution in [0.3, 0.4) is 0 Å². The molecule has 0 atom stereocenters. The maximum absolute atomic E-state index is 12.7. The molecule has 0 spiro atoms. The van der Waals surface area contributed by atoms with E-state index in [4.69, 9.17) is 4.74 Å². The van der Waals surface area contributed by atoms with Crippen molar-refractivity contribution in [3.8, 4) is 0 Å². The van der Waals surface area contributed by atoms with Gasteiger partial charge in [0.15, 0.2) is 0 Å². The topological polar surface area (TPSA) is 73.2 Å². The van der Waals surface area contributed by atoms with E-state index in [9.17, 15) is 9.59 Å². The molecule has 27 heavy (non-hydrogen) atoms. The summed E-state index contributed by atoms with van der Waals surface area (Å²) in [5.74, 6) is -0.556. The summed E-state index contributed by atoms with van der Waals surface area (Å²) in [4.78, 5) is 25.1. The molecule has 6 heteroatoms. The van der Waals surface area contributed by atoms with Crippen molar-refractivity contribution in [3.63, 3.8) is 0 Å². The van der Waals surface area contributed by atoms with Gasteiger partial charge in [0.1, 0.15) is 5.54 Å². The van der Waals surface area contributed by atoms with Crippen molar-refractivity contribution in [3.05, 3.63) is 52.8 Å². The third kappa shape index (κ3) is 4.21. The first-order valence-electron chi connectivity index (χ1n) is 9.53. The van der Waals surface area contributed by atoms with Crippen molar-refractivity contribution in [1.82, 2.24) is 15.1 Å². The van der Waals surface area contributed by atoms with E-state index in [1.165, 1.54) is 0 Å². The van der Waals surface area contributed by atoms with Gasteiger partial charge in [0.25, 0.3) is 5.91 Å². The van der Waals surface area contributed by atoms with Gasteiger partial charge in [-0.1, -0.05) is 25.0 Å². The monoisotopic (exact) mass is 369 g/mol. The number of rotatable bonds is 6. The van der Waals surface area contributed by atoms with E-state index in [1.54, 1.807) is 19.1 Å². The molecule has 0 unspecified atom stereocenters. The van der Waals surface area contributed by atoms with E-state index in [0.29, 0.717) is 31.6 Å². The molecule has 1 aliphatic carbocycles. The predicted molar refractivity (Wildman–Crippen MR) is 103 cm³/mol. The standard InChI is InChI=1S/C21H27N3O3/c1-4-27-20(26)21(11-5-6-12-21)22-19(25)18-9-7-17(8-10-18)14-24-16(3)13-15(2)23-24/h7-10,13H,4-6,11-12,14H2,1-3H3,(H,22,25). The first-order valence-corrected chi connectivity index (χ1v) is 9.53. The van der Waals surface area contributed by atoms with Crippen molar-refractivity contribution in [2.24, 2.45) is 0 Å². The lowest BCUT2D eigenvalue weighted by Gasteiger charge is -2.27. The average Bonchev–Trinajstić information content (AvgIpc) is 3.23. The van der Waals surface area contributed by atoms with Gasteiger partial charge in [0.2, 0.25) is 0 Å². The van der Waals surface area contributed by atoms with Crippen LogP contribution in [0.5, 0.6) is 0 Å². The molecule has 1 amide bonds. The van der Waals surface area contributed by atoms with Crippen LogP contribution in [0.25, 0.3) is 0 Å². The van der Waals surface area contributed by atoms with E-state index in [0.717, 1.165) is 29.8 Å². The molecular formula is C21H27N3O3. The maximum Gasteiger partial charge on any atom is 0.331 e. The minimum Gasteiger partial charge on any atom is -0.464 e. The second kappa shape index (κ2) is 7.94. The minimum absolute atomic E-state index is 0.234. The molecule has 2 aromatic rings. The van der Waals surface area contributed by atoms with E-state index in [-0.39, 0.29) is 11.9 Å². The molecule has 6 nitrogen and oxygen atoms in total. The third-order valence-corrected chi connectivity index (χ3v) is 5.13. The van der Waals surface area contributed by atoms with E-state index in [2.05, 4.69) is 10.4 Å². The number of nitrogens with zero attached hydrogens (tertiary/aromatic N) is 2. The van der Waals surface area contributed by atoms with Crippen molar-refractivity contribution in [2.45, 2.75) is 58.5 Å². The van der Waals surface area contributed by atoms with Crippen LogP contribution in [0.2, 0.25) is 0 Å². The number of hydrogen-bond acceptors (Lipinski definition) is 4. The van der Waals surface area contributed by atoms with Crippen molar-refractivity contribution >= 4 is 11.9 Å². The quantitative estimate of drug-likeness (QED) is 0.794. The van der Waals surface area contributed by atoms with Crippen molar-refractivity contribution in [2.75, 3.05) is 6.61 Å². The Kier molecular flexibility index (Phi) is 5.63. The molecule has 0 aliphatic heterocycles. The van der Waals surface area contributed by atoms with Crippen LogP contribution >= 0.6 is 0 Å². The largest absolute Gasteiger partial charge is 0.464 e. The summed E-state index contributed by atoms with van der Waals surface area (Å²) >= 11 is 0. The molecule has 0 saturated heterocycles. The number of aromatic nitrogens is 2. The molecule has 1 N–H and O–H groups in total. The Morgan fingerprint density at radius 2 is 1.85 bits per heavy atom. The Hall–Kier alpha value is -2.63. The molecule has 144 valence electrons. The average molecular weight is 369 g/mol. The molecule has 1 heterocycles. The summed E-state index contributed by atoms with van der Waals surface area (Å²) in [5, 5.41) is 7.41. The molecular weight excluding hydrogens is 342 g/mol. The number of hydrogen-bond donors (Lipinski definition) is 1. The lowest BCUT2D eigenvalue weighted by Crippen LogP contribution is -2.53. The zero-order valence-corrected chi connectivity index (χ0v) is 16.2. The Morgan fingerprint density at radius 1 is 1.19 bits per heavy atom. The summed E-state index contributed by atoms with van der Waals surface area (Å²) in [6, 6.07) is 9.49. The maximum atomic E-state index is 12.7. The summed E-state index contributed by atoms with van der Waals surface area (Å²) in [7, 11) is 0. The van der Waals surface area contributed by atoms with Gasteiger partial charge in [0.05, 0.1) is 18.8 Å². The number of carbonyl (C=O) groups excluding carboxylic acids is 2. The summed E-state index contributed by atoms with van der Waals surface area (Å²) in [6.07, 6.45) is 3.10. The van der Waals surface area contributed by atoms with Crippen LogP contribution in [-0.4, -0.2) is 33.8 Å². The molecule has 0 radical (unpaired) electrons. The first kappa shape index (κ1) is 19.1. The van der Waals surface area contributed by atoms with Crippen molar-refractivity contribution in [1.29, 1.82) is 0 Å². The Morgan fingerprint density at radius 3 is 2.41 bits per heavy atom. The van der Waals surface area contributed by atoms with Gasteiger partial charge in [-0.2, -0.15) is 5.10 Å². The number of nitrogens with one attached hydrogen (secondary N) is 1. The third-order valence-electron chi connectivity index (χ3n) is 5.13. The fourth-order valence-corrected chi connectivity index (χ4v) is 3.69. The smallest absolute Gasteiger partial charge is 0.331 e. The molecule has 1 aromatic carbocycles. The minimum atomic E-state index is -0.879. The van der Waals surface area contributed by atoms with Crippen LogP contribution in [0.1, 0.15) is 59.9 Å². The van der Waals surface area contributed by atoms with E-state index < -0.39 is 5.54 Å². The number of aryl methyl sites for hydroxylation is 2. The molecule has 1 saturated carbocycles. The normalized spacial score (nSPS) is 15.5. The Labute approximate surface area is 159 Å². The predicted octanol–water partition coefficient (Wildman–Crippen LogP) is 3.15. The number of carbonyl (C=O) groups is 2. The second-order valence-corrected chi connectivity index (χ2v) is 7.25. The number of esters is 1. The van der Waals surface area contributed by atoms with Gasteiger partial charge < -0.3 is 10.1 Å². The lowest BCUT2D eigenvalue weighted by atomic mass is 9.97. The van der Waals surface area contributed by atoms with Gasteiger partial charge in [-0.15, -0.1) is 0 Å².